The van der Waals surface area contributed by atoms with Crippen molar-refractivity contribution >= 4 is 29.0 Å². The van der Waals surface area contributed by atoms with E-state index in [9.17, 15) is 9.59 Å². The van der Waals surface area contributed by atoms with Gasteiger partial charge in [0.15, 0.2) is 0 Å². The summed E-state index contributed by atoms with van der Waals surface area (Å²) in [4.78, 5) is 37.7. The van der Waals surface area contributed by atoms with Gasteiger partial charge in [0.2, 0.25) is 0 Å². The summed E-state index contributed by atoms with van der Waals surface area (Å²) in [5, 5.41) is 5.60. The summed E-state index contributed by atoms with van der Waals surface area (Å²) in [6.07, 6.45) is 11.3. The Morgan fingerprint density at radius 1 is 1.21 bits per heavy atom. The number of imidazole rings is 1. The van der Waals surface area contributed by atoms with Gasteiger partial charge in [-0.25, -0.2) is 15.0 Å². The molecule has 2 aromatic heterocycles. The van der Waals surface area contributed by atoms with E-state index < -0.39 is 11.9 Å². The van der Waals surface area contributed by atoms with Crippen LogP contribution in [0.25, 0.3) is 16.8 Å². The van der Waals surface area contributed by atoms with Crippen molar-refractivity contribution in [1.29, 1.82) is 0 Å². The summed E-state index contributed by atoms with van der Waals surface area (Å²) in [6.45, 7) is 3.42. The third-order valence-electron chi connectivity index (χ3n) is 5.11. The molecule has 1 aromatic carbocycles. The Bertz CT molecular complexity index is 1400. The molecule has 9 heteroatoms. The number of aliphatic imine (C=N–C) groups is 1. The summed E-state index contributed by atoms with van der Waals surface area (Å²) in [5.41, 5.74) is 8.61. The van der Waals surface area contributed by atoms with Gasteiger partial charge >= 0.3 is 0 Å². The minimum atomic E-state index is -0.427. The fraction of sp³-hybridized carbons (Fsp3) is 0.160. The lowest BCUT2D eigenvalue weighted by atomic mass is 10.1. The number of hydrogen-bond acceptors (Lipinski definition) is 6. The number of nitrogen functional groups attached to an aromatic ring is 1. The predicted molar refractivity (Wildman–Crippen MR) is 131 cm³/mol. The van der Waals surface area contributed by atoms with Crippen LogP contribution in [0.1, 0.15) is 42.5 Å². The van der Waals surface area contributed by atoms with Gasteiger partial charge in [0.05, 0.1) is 6.04 Å². The van der Waals surface area contributed by atoms with Crippen LogP contribution >= 0.6 is 0 Å². The van der Waals surface area contributed by atoms with Gasteiger partial charge in [0.25, 0.3) is 11.8 Å². The fourth-order valence-electron chi connectivity index (χ4n) is 3.54. The Hall–Kier alpha value is -4.71. The van der Waals surface area contributed by atoms with Gasteiger partial charge in [0.1, 0.15) is 28.7 Å². The van der Waals surface area contributed by atoms with Gasteiger partial charge in [-0.3, -0.25) is 14.0 Å². The van der Waals surface area contributed by atoms with Gasteiger partial charge in [0, 0.05) is 29.7 Å². The van der Waals surface area contributed by atoms with E-state index in [1.807, 2.05) is 19.1 Å². The molecule has 1 aliphatic heterocycles. The lowest BCUT2D eigenvalue weighted by Gasteiger charge is -2.10. The molecule has 9 nitrogen and oxygen atoms in total. The van der Waals surface area contributed by atoms with Crippen LogP contribution in [-0.4, -0.2) is 32.0 Å². The van der Waals surface area contributed by atoms with Gasteiger partial charge in [-0.15, -0.1) is 0 Å². The van der Waals surface area contributed by atoms with Crippen molar-refractivity contribution in [1.82, 2.24) is 25.0 Å². The first-order valence-corrected chi connectivity index (χ1v) is 10.6. The number of hydrogen-bond donors (Lipinski definition) is 3. The molecule has 4 N–H and O–H groups in total. The highest BCUT2D eigenvalue weighted by Gasteiger charge is 2.21. The minimum Gasteiger partial charge on any atom is -0.382 e. The molecule has 170 valence electrons. The molecule has 0 spiro atoms. The number of carbonyl (C=O) groups excluding carboxylic acids is 2. The van der Waals surface area contributed by atoms with E-state index in [4.69, 9.17) is 10.7 Å². The number of aromatic nitrogens is 3. The van der Waals surface area contributed by atoms with Crippen molar-refractivity contribution in [3.8, 4) is 23.1 Å². The molecule has 3 heterocycles. The lowest BCUT2D eigenvalue weighted by molar-refractivity contribution is -0.116. The van der Waals surface area contributed by atoms with Crippen LogP contribution in [0.3, 0.4) is 0 Å². The highest BCUT2D eigenvalue weighted by molar-refractivity contribution is 6.10. The number of nitrogens with zero attached hydrogens (tertiary/aromatic N) is 4. The molecule has 2 amide bonds. The monoisotopic (exact) mass is 453 g/mol. The number of nitrogens with one attached hydrogen (secondary N) is 2. The van der Waals surface area contributed by atoms with E-state index in [1.54, 1.807) is 60.3 Å². The molecule has 4 rings (SSSR count). The highest BCUT2D eigenvalue weighted by atomic mass is 16.2. The highest BCUT2D eigenvalue weighted by Crippen LogP contribution is 2.30. The smallest absolute Gasteiger partial charge is 0.296 e. The summed E-state index contributed by atoms with van der Waals surface area (Å²) in [6, 6.07) is 6.58. The van der Waals surface area contributed by atoms with Gasteiger partial charge in [-0.2, -0.15) is 0 Å². The number of benzene rings is 1. The minimum absolute atomic E-state index is 0.268. The Morgan fingerprint density at radius 3 is 2.76 bits per heavy atom. The zero-order chi connectivity index (χ0) is 24.1. The second-order valence-electron chi connectivity index (χ2n) is 7.49. The Labute approximate surface area is 196 Å². The SMILES string of the molecule is CC#CC(=O)N[C@@H](C)c1nc(-c2ccc(C(=O)NC3=NC=CCC=C3)cc2)c2c(N)nccn12. The van der Waals surface area contributed by atoms with E-state index in [2.05, 4.69) is 32.5 Å². The van der Waals surface area contributed by atoms with Gasteiger partial charge in [-0.05, 0) is 44.4 Å². The number of amides is 2. The van der Waals surface area contributed by atoms with Crippen molar-refractivity contribution in [3.63, 3.8) is 0 Å². The zero-order valence-electron chi connectivity index (χ0n) is 18.7. The summed E-state index contributed by atoms with van der Waals surface area (Å²) in [5.74, 6) is 5.75. The van der Waals surface area contributed by atoms with Crippen LogP contribution in [-0.2, 0) is 4.79 Å². The Kier molecular flexibility index (Phi) is 6.50. The van der Waals surface area contributed by atoms with Crippen LogP contribution in [0.15, 0.2) is 66.1 Å². The quantitative estimate of drug-likeness (QED) is 0.524. The molecule has 3 aromatic rings. The normalized spacial score (nSPS) is 13.4. The number of allylic oxidation sites excluding steroid dienone is 2. The van der Waals surface area contributed by atoms with Crippen molar-refractivity contribution in [2.24, 2.45) is 4.99 Å². The molecule has 1 atom stereocenters. The van der Waals surface area contributed by atoms with Crippen molar-refractivity contribution in [2.75, 3.05) is 5.73 Å². The average Bonchev–Trinajstić information content (AvgIpc) is 3.04. The van der Waals surface area contributed by atoms with E-state index in [1.165, 1.54) is 0 Å². The average molecular weight is 454 g/mol. The van der Waals surface area contributed by atoms with Gasteiger partial charge < -0.3 is 16.4 Å². The molecular formula is C25H23N7O2. The molecule has 1 aliphatic rings. The van der Waals surface area contributed by atoms with Crippen LogP contribution < -0.4 is 16.4 Å². The van der Waals surface area contributed by atoms with E-state index >= 15 is 0 Å². The van der Waals surface area contributed by atoms with E-state index in [0.717, 1.165) is 12.0 Å². The molecule has 0 unspecified atom stereocenters. The molecule has 0 fully saturated rings. The zero-order valence-corrected chi connectivity index (χ0v) is 18.7. The number of amidine groups is 1. The molecule has 0 saturated heterocycles. The second kappa shape index (κ2) is 9.83. The standard InChI is InChI=1S/C25H23N7O2/c1-3-7-20(33)29-16(2)24-31-21(22-23(26)28-14-15-32(22)24)17-9-11-18(12-10-17)25(34)30-19-8-5-4-6-13-27-19/h5-6,8-16H,4H2,1-2H3,(H2,26,28)(H,29,33)(H,27,30,34)/t16-/m0/s1. The van der Waals surface area contributed by atoms with Crippen molar-refractivity contribution in [3.05, 3.63) is 72.5 Å². The largest absolute Gasteiger partial charge is 0.382 e. The number of fused-ring (bicyclic) bond motifs is 1. The predicted octanol–water partition coefficient (Wildman–Crippen LogP) is 2.78. The molecule has 0 saturated carbocycles. The first kappa shape index (κ1) is 22.5. The Morgan fingerprint density at radius 2 is 2.00 bits per heavy atom. The number of carbonyl (C=O) groups is 2. The topological polar surface area (TPSA) is 127 Å². The fourth-order valence-corrected chi connectivity index (χ4v) is 3.54. The summed E-state index contributed by atoms with van der Waals surface area (Å²) >= 11 is 0. The molecular weight excluding hydrogens is 430 g/mol. The lowest BCUT2D eigenvalue weighted by Crippen LogP contribution is -2.28. The second-order valence-corrected chi connectivity index (χ2v) is 7.49. The molecule has 0 aliphatic carbocycles. The number of rotatable bonds is 4. The van der Waals surface area contributed by atoms with Crippen LogP contribution in [0.2, 0.25) is 0 Å². The first-order chi connectivity index (χ1) is 16.5. The summed E-state index contributed by atoms with van der Waals surface area (Å²) < 4.78 is 1.80. The molecule has 0 radical (unpaired) electrons. The summed E-state index contributed by atoms with van der Waals surface area (Å²) in [7, 11) is 0. The maximum absolute atomic E-state index is 12.6. The first-order valence-electron chi connectivity index (χ1n) is 10.6. The van der Waals surface area contributed by atoms with Crippen LogP contribution in [0.4, 0.5) is 5.82 Å². The van der Waals surface area contributed by atoms with E-state index in [-0.39, 0.29) is 5.91 Å². The number of nitrogens with two attached hydrogens (primary N) is 1. The molecule has 0 bridgehead atoms. The van der Waals surface area contributed by atoms with Crippen LogP contribution in [0.5, 0.6) is 0 Å². The van der Waals surface area contributed by atoms with Crippen LogP contribution in [0, 0.1) is 11.8 Å². The maximum Gasteiger partial charge on any atom is 0.296 e. The third-order valence-corrected chi connectivity index (χ3v) is 5.11. The third kappa shape index (κ3) is 4.71. The number of anilines is 1. The molecule has 34 heavy (non-hydrogen) atoms. The van der Waals surface area contributed by atoms with E-state index in [0.29, 0.717) is 34.3 Å². The van der Waals surface area contributed by atoms with Crippen molar-refractivity contribution in [2.45, 2.75) is 26.3 Å². The van der Waals surface area contributed by atoms with Gasteiger partial charge in [-0.1, -0.05) is 30.2 Å². The maximum atomic E-state index is 12.6. The van der Waals surface area contributed by atoms with Crippen molar-refractivity contribution < 1.29 is 9.59 Å². The Balaban J connectivity index is 1.65.